The number of nitrogens with one attached hydrogen (secondary N) is 1. The molecule has 1 heterocycles. The Kier molecular flexibility index (Phi) is 2.88. The molecule has 1 aromatic heterocycles. The maximum atomic E-state index is 6.20. The van der Waals surface area contributed by atoms with Crippen LogP contribution in [-0.2, 0) is 0 Å². The Hall–Kier alpha value is -1.71. The lowest BCUT2D eigenvalue weighted by Gasteiger charge is -2.06. The van der Waals surface area contributed by atoms with E-state index in [1.807, 2.05) is 25.1 Å². The van der Waals surface area contributed by atoms with E-state index in [9.17, 15) is 0 Å². The summed E-state index contributed by atoms with van der Waals surface area (Å²) in [6.07, 6.45) is 0. The van der Waals surface area contributed by atoms with Crippen LogP contribution < -0.4 is 5.73 Å². The minimum absolute atomic E-state index is 0.436. The van der Waals surface area contributed by atoms with Crippen LogP contribution in [0.15, 0.2) is 30.3 Å². The van der Waals surface area contributed by atoms with Crippen molar-refractivity contribution in [3.05, 3.63) is 45.9 Å². The summed E-state index contributed by atoms with van der Waals surface area (Å²) >= 11 is 12.2. The number of H-pyrrole nitrogens is 1. The Labute approximate surface area is 120 Å². The summed E-state index contributed by atoms with van der Waals surface area (Å²) in [5, 5.41) is 0.996. The highest BCUT2D eigenvalue weighted by atomic mass is 35.5. The fourth-order valence-electron chi connectivity index (χ4n) is 2.10. The van der Waals surface area contributed by atoms with Crippen molar-refractivity contribution >= 4 is 39.9 Å². The number of aromatic nitrogens is 2. The zero-order valence-electron chi connectivity index (χ0n) is 10.2. The number of nitrogens with zero attached hydrogens (tertiary/aromatic N) is 1. The van der Waals surface area contributed by atoms with E-state index < -0.39 is 0 Å². The Balaban J connectivity index is 2.31. The van der Waals surface area contributed by atoms with Crippen LogP contribution >= 0.6 is 23.2 Å². The molecule has 0 saturated carbocycles. The lowest BCUT2D eigenvalue weighted by Crippen LogP contribution is -1.93. The van der Waals surface area contributed by atoms with E-state index in [0.29, 0.717) is 27.1 Å². The molecule has 3 nitrogen and oxygen atoms in total. The van der Waals surface area contributed by atoms with Crippen molar-refractivity contribution < 1.29 is 0 Å². The van der Waals surface area contributed by atoms with Crippen molar-refractivity contribution in [2.24, 2.45) is 0 Å². The van der Waals surface area contributed by atoms with Crippen LogP contribution in [0.1, 0.15) is 5.56 Å². The summed E-state index contributed by atoms with van der Waals surface area (Å²) in [4.78, 5) is 7.79. The molecule has 0 amide bonds. The van der Waals surface area contributed by atoms with Gasteiger partial charge in [-0.3, -0.25) is 0 Å². The number of rotatable bonds is 1. The maximum Gasteiger partial charge on any atom is 0.142 e. The molecule has 19 heavy (non-hydrogen) atoms. The standard InChI is InChI=1S/C14H11Cl2N3/c1-7-3-2-4-10-13(7)19-14(18-10)11-8(15)5-6-9(16)12(11)17/h2-6H,17H2,1H3,(H,18,19). The second-order valence-corrected chi connectivity index (χ2v) is 5.19. The number of para-hydroxylation sites is 1. The Morgan fingerprint density at radius 2 is 1.84 bits per heavy atom. The second kappa shape index (κ2) is 4.44. The van der Waals surface area contributed by atoms with Gasteiger partial charge in [-0.2, -0.15) is 0 Å². The van der Waals surface area contributed by atoms with Gasteiger partial charge in [0.2, 0.25) is 0 Å². The number of hydrogen-bond acceptors (Lipinski definition) is 2. The first-order valence-electron chi connectivity index (χ1n) is 5.77. The molecule has 0 aliphatic heterocycles. The van der Waals surface area contributed by atoms with Gasteiger partial charge in [-0.25, -0.2) is 4.98 Å². The second-order valence-electron chi connectivity index (χ2n) is 4.37. The van der Waals surface area contributed by atoms with E-state index in [0.717, 1.165) is 16.6 Å². The van der Waals surface area contributed by atoms with Crippen LogP contribution in [0.5, 0.6) is 0 Å². The van der Waals surface area contributed by atoms with E-state index >= 15 is 0 Å². The number of benzene rings is 2. The number of aryl methyl sites for hydroxylation is 1. The smallest absolute Gasteiger partial charge is 0.142 e. The minimum Gasteiger partial charge on any atom is -0.397 e. The van der Waals surface area contributed by atoms with Crippen molar-refractivity contribution in [1.82, 2.24) is 9.97 Å². The summed E-state index contributed by atoms with van der Waals surface area (Å²) in [6.45, 7) is 2.01. The molecule has 0 saturated heterocycles. The topological polar surface area (TPSA) is 54.7 Å². The fourth-order valence-corrected chi connectivity index (χ4v) is 2.51. The molecule has 0 spiro atoms. The summed E-state index contributed by atoms with van der Waals surface area (Å²) in [5.41, 5.74) is 10.0. The molecule has 96 valence electrons. The number of hydrogen-bond donors (Lipinski definition) is 2. The summed E-state index contributed by atoms with van der Waals surface area (Å²) in [5.74, 6) is 0.634. The van der Waals surface area contributed by atoms with Crippen molar-refractivity contribution in [2.45, 2.75) is 6.92 Å². The number of nitrogen functional groups attached to an aromatic ring is 1. The van der Waals surface area contributed by atoms with Crippen LogP contribution in [0.3, 0.4) is 0 Å². The largest absolute Gasteiger partial charge is 0.397 e. The molecule has 3 rings (SSSR count). The van der Waals surface area contributed by atoms with Crippen LogP contribution in [0.2, 0.25) is 10.0 Å². The average molecular weight is 292 g/mol. The van der Waals surface area contributed by atoms with Gasteiger partial charge in [0.25, 0.3) is 0 Å². The summed E-state index contributed by atoms with van der Waals surface area (Å²) in [7, 11) is 0. The SMILES string of the molecule is Cc1cccc2[nH]c(-c3c(Cl)ccc(Cl)c3N)nc12. The molecular weight excluding hydrogens is 281 g/mol. The van der Waals surface area contributed by atoms with E-state index in [-0.39, 0.29) is 0 Å². The molecule has 0 aliphatic rings. The van der Waals surface area contributed by atoms with Crippen molar-refractivity contribution in [1.29, 1.82) is 0 Å². The van der Waals surface area contributed by atoms with E-state index in [4.69, 9.17) is 28.9 Å². The van der Waals surface area contributed by atoms with Gasteiger partial charge in [0.05, 0.1) is 32.3 Å². The third kappa shape index (κ3) is 1.95. The summed E-state index contributed by atoms with van der Waals surface area (Å²) in [6, 6.07) is 9.35. The first kappa shape index (κ1) is 12.3. The Bertz CT molecular complexity index is 778. The quantitative estimate of drug-likeness (QED) is 0.652. The highest BCUT2D eigenvalue weighted by molar-refractivity contribution is 6.37. The van der Waals surface area contributed by atoms with Gasteiger partial charge in [0, 0.05) is 0 Å². The van der Waals surface area contributed by atoms with E-state index in [1.54, 1.807) is 12.1 Å². The molecule has 0 fully saturated rings. The molecule has 0 atom stereocenters. The first-order valence-corrected chi connectivity index (χ1v) is 6.52. The van der Waals surface area contributed by atoms with E-state index in [1.165, 1.54) is 0 Å². The minimum atomic E-state index is 0.436. The zero-order chi connectivity index (χ0) is 13.6. The third-order valence-electron chi connectivity index (χ3n) is 3.09. The zero-order valence-corrected chi connectivity index (χ0v) is 11.7. The predicted octanol–water partition coefficient (Wildman–Crippen LogP) is 4.43. The van der Waals surface area contributed by atoms with Crippen LogP contribution in [0.25, 0.3) is 22.4 Å². The lowest BCUT2D eigenvalue weighted by molar-refractivity contribution is 1.33. The van der Waals surface area contributed by atoms with Gasteiger partial charge < -0.3 is 10.7 Å². The van der Waals surface area contributed by atoms with Crippen LogP contribution in [0.4, 0.5) is 5.69 Å². The molecule has 3 aromatic rings. The highest BCUT2D eigenvalue weighted by Crippen LogP contribution is 2.37. The van der Waals surface area contributed by atoms with Gasteiger partial charge in [-0.1, -0.05) is 35.3 Å². The number of fused-ring (bicyclic) bond motifs is 1. The number of halogens is 2. The van der Waals surface area contributed by atoms with Crippen molar-refractivity contribution in [2.75, 3.05) is 5.73 Å². The molecular formula is C14H11Cl2N3. The van der Waals surface area contributed by atoms with Gasteiger partial charge in [0.1, 0.15) is 5.82 Å². The maximum absolute atomic E-state index is 6.20. The normalized spacial score (nSPS) is 11.1. The monoisotopic (exact) mass is 291 g/mol. The lowest BCUT2D eigenvalue weighted by atomic mass is 10.1. The summed E-state index contributed by atoms with van der Waals surface area (Å²) < 4.78 is 0. The molecule has 0 radical (unpaired) electrons. The Morgan fingerprint density at radius 1 is 1.11 bits per heavy atom. The third-order valence-corrected chi connectivity index (χ3v) is 3.74. The molecule has 0 unspecified atom stereocenters. The average Bonchev–Trinajstić information content (AvgIpc) is 2.80. The Morgan fingerprint density at radius 3 is 2.58 bits per heavy atom. The first-order chi connectivity index (χ1) is 9.08. The molecule has 2 aromatic carbocycles. The van der Waals surface area contributed by atoms with Crippen LogP contribution in [0, 0.1) is 6.92 Å². The predicted molar refractivity (Wildman–Crippen MR) is 80.7 cm³/mol. The van der Waals surface area contributed by atoms with Crippen molar-refractivity contribution in [3.8, 4) is 11.4 Å². The van der Waals surface area contributed by atoms with Gasteiger partial charge in [-0.15, -0.1) is 0 Å². The molecule has 5 heteroatoms. The van der Waals surface area contributed by atoms with Gasteiger partial charge in [0.15, 0.2) is 0 Å². The number of nitrogens with two attached hydrogens (primary N) is 1. The molecule has 3 N–H and O–H groups in total. The number of anilines is 1. The van der Waals surface area contributed by atoms with Crippen LogP contribution in [-0.4, -0.2) is 9.97 Å². The van der Waals surface area contributed by atoms with Gasteiger partial charge >= 0.3 is 0 Å². The van der Waals surface area contributed by atoms with E-state index in [2.05, 4.69) is 9.97 Å². The van der Waals surface area contributed by atoms with Crippen molar-refractivity contribution in [3.63, 3.8) is 0 Å². The fraction of sp³-hybridized carbons (Fsp3) is 0.0714. The number of aromatic amines is 1. The number of imidazole rings is 1. The molecule has 0 bridgehead atoms. The van der Waals surface area contributed by atoms with Gasteiger partial charge in [-0.05, 0) is 30.7 Å². The highest BCUT2D eigenvalue weighted by Gasteiger charge is 2.15. The molecule has 0 aliphatic carbocycles.